The van der Waals surface area contributed by atoms with Gasteiger partial charge < -0.3 is 16.0 Å². The zero-order chi connectivity index (χ0) is 20.9. The monoisotopic (exact) mass is 420 g/mol. The van der Waals surface area contributed by atoms with Gasteiger partial charge in [-0.15, -0.1) is 11.3 Å². The maximum absolute atomic E-state index is 13.1. The average Bonchev–Trinajstić information content (AvgIpc) is 3.29. The lowest BCUT2D eigenvalue weighted by Crippen LogP contribution is -2.84. The first-order chi connectivity index (χ1) is 14.6. The van der Waals surface area contributed by atoms with Gasteiger partial charge in [-0.3, -0.25) is 9.59 Å². The number of amides is 2. The summed E-state index contributed by atoms with van der Waals surface area (Å²) in [5.41, 5.74) is 4.76. The molecular formula is C24H26N3O2S+. The van der Waals surface area contributed by atoms with E-state index in [4.69, 9.17) is 0 Å². The molecule has 1 heterocycles. The minimum atomic E-state index is -0.149. The number of thiophene rings is 1. The average molecular weight is 421 g/mol. The molecule has 0 spiro atoms. The molecule has 3 aromatic rings. The van der Waals surface area contributed by atoms with E-state index in [-0.39, 0.29) is 11.8 Å². The van der Waals surface area contributed by atoms with Crippen molar-refractivity contribution in [2.45, 2.75) is 32.7 Å². The number of fused-ring (bicyclic) bond motifs is 1. The van der Waals surface area contributed by atoms with Gasteiger partial charge in [0.15, 0.2) is 6.54 Å². The molecule has 0 fully saturated rings. The van der Waals surface area contributed by atoms with E-state index >= 15 is 0 Å². The molecule has 4 N–H and O–H groups in total. The van der Waals surface area contributed by atoms with E-state index < -0.39 is 0 Å². The molecule has 30 heavy (non-hydrogen) atoms. The molecular weight excluding hydrogens is 394 g/mol. The molecule has 0 saturated heterocycles. The van der Waals surface area contributed by atoms with Crippen molar-refractivity contribution < 1.29 is 14.9 Å². The Morgan fingerprint density at radius 2 is 1.87 bits per heavy atom. The summed E-state index contributed by atoms with van der Waals surface area (Å²) in [7, 11) is 0. The summed E-state index contributed by atoms with van der Waals surface area (Å²) in [5.74, 6) is -0.237. The number of carbonyl (C=O) groups is 2. The third-order valence-corrected chi connectivity index (χ3v) is 6.44. The maximum atomic E-state index is 13.1. The second kappa shape index (κ2) is 9.24. The van der Waals surface area contributed by atoms with E-state index in [2.05, 4.69) is 10.6 Å². The first-order valence-electron chi connectivity index (χ1n) is 10.3. The highest BCUT2D eigenvalue weighted by atomic mass is 32.1. The lowest BCUT2D eigenvalue weighted by molar-refractivity contribution is -0.659. The second-order valence-electron chi connectivity index (χ2n) is 7.62. The molecule has 4 rings (SSSR count). The third-order valence-electron chi connectivity index (χ3n) is 5.23. The standard InChI is InChI=1S/C24H25N3O2S/c1-16-7-5-10-18(13-16)26-23(29)22-19-11-6-12-20(19)30-24(22)27-21(28)15-25-14-17-8-3-2-4-9-17/h2-5,7-10,13,25H,6,11-12,14-15H2,1H3,(H,26,29)(H,27,28)/p+1. The Balaban J connectivity index is 1.44. The number of carbonyl (C=O) groups excluding carboxylic acids is 2. The molecule has 0 atom stereocenters. The zero-order valence-electron chi connectivity index (χ0n) is 17.0. The van der Waals surface area contributed by atoms with Gasteiger partial charge in [0.25, 0.3) is 11.8 Å². The van der Waals surface area contributed by atoms with Gasteiger partial charge >= 0.3 is 0 Å². The molecule has 0 bridgehead atoms. The van der Waals surface area contributed by atoms with E-state index in [1.807, 2.05) is 66.8 Å². The minimum absolute atomic E-state index is 0.0875. The molecule has 0 saturated carbocycles. The molecule has 2 aromatic carbocycles. The van der Waals surface area contributed by atoms with Gasteiger partial charge in [-0.2, -0.15) is 0 Å². The zero-order valence-corrected chi connectivity index (χ0v) is 17.9. The summed E-state index contributed by atoms with van der Waals surface area (Å²) in [6.07, 6.45) is 2.92. The summed E-state index contributed by atoms with van der Waals surface area (Å²) in [6, 6.07) is 17.8. The largest absolute Gasteiger partial charge is 0.335 e. The fourth-order valence-electron chi connectivity index (χ4n) is 3.81. The van der Waals surface area contributed by atoms with Crippen LogP contribution in [-0.4, -0.2) is 18.4 Å². The topological polar surface area (TPSA) is 74.8 Å². The highest BCUT2D eigenvalue weighted by Gasteiger charge is 2.27. The first kappa shape index (κ1) is 20.3. The number of rotatable bonds is 7. The van der Waals surface area contributed by atoms with Crippen molar-refractivity contribution in [3.8, 4) is 0 Å². The lowest BCUT2D eigenvalue weighted by atomic mass is 10.1. The van der Waals surface area contributed by atoms with Crippen molar-refractivity contribution in [1.29, 1.82) is 0 Å². The number of anilines is 2. The van der Waals surface area contributed by atoms with Crippen LogP contribution in [0.4, 0.5) is 10.7 Å². The van der Waals surface area contributed by atoms with Crippen LogP contribution in [0.3, 0.4) is 0 Å². The van der Waals surface area contributed by atoms with E-state index in [0.717, 1.165) is 42.6 Å². The van der Waals surface area contributed by atoms with Gasteiger partial charge in [0, 0.05) is 16.1 Å². The van der Waals surface area contributed by atoms with Crippen LogP contribution < -0.4 is 16.0 Å². The molecule has 1 aliphatic rings. The van der Waals surface area contributed by atoms with Gasteiger partial charge in [-0.25, -0.2) is 0 Å². The van der Waals surface area contributed by atoms with Gasteiger partial charge in [0.1, 0.15) is 11.5 Å². The number of hydrogen-bond donors (Lipinski definition) is 3. The van der Waals surface area contributed by atoms with Gasteiger partial charge in [-0.05, 0) is 49.4 Å². The van der Waals surface area contributed by atoms with Crippen molar-refractivity contribution in [1.82, 2.24) is 0 Å². The molecule has 154 valence electrons. The summed E-state index contributed by atoms with van der Waals surface area (Å²) in [5, 5.41) is 8.63. The highest BCUT2D eigenvalue weighted by molar-refractivity contribution is 7.17. The van der Waals surface area contributed by atoms with Crippen LogP contribution in [0.25, 0.3) is 0 Å². The predicted octanol–water partition coefficient (Wildman–Crippen LogP) is 3.50. The summed E-state index contributed by atoms with van der Waals surface area (Å²) in [4.78, 5) is 26.8. The summed E-state index contributed by atoms with van der Waals surface area (Å²) < 4.78 is 0. The molecule has 0 radical (unpaired) electrons. The van der Waals surface area contributed by atoms with E-state index in [0.29, 0.717) is 17.1 Å². The number of nitrogens with one attached hydrogen (secondary N) is 2. The molecule has 5 nitrogen and oxygen atoms in total. The molecule has 2 amide bonds. The van der Waals surface area contributed by atoms with E-state index in [1.165, 1.54) is 10.4 Å². The lowest BCUT2D eigenvalue weighted by Gasteiger charge is -2.10. The summed E-state index contributed by atoms with van der Waals surface area (Å²) in [6.45, 7) is 3.06. The van der Waals surface area contributed by atoms with Crippen LogP contribution in [0.15, 0.2) is 54.6 Å². The molecule has 0 aliphatic heterocycles. The Kier molecular flexibility index (Phi) is 6.26. The fourth-order valence-corrected chi connectivity index (χ4v) is 5.11. The highest BCUT2D eigenvalue weighted by Crippen LogP contribution is 2.39. The SMILES string of the molecule is Cc1cccc(NC(=O)c2c(NC(=O)C[NH2+]Cc3ccccc3)sc3c2CCC3)c1. The van der Waals surface area contributed by atoms with Gasteiger partial charge in [-0.1, -0.05) is 42.5 Å². The van der Waals surface area contributed by atoms with Crippen molar-refractivity contribution in [3.05, 3.63) is 81.7 Å². The predicted molar refractivity (Wildman–Crippen MR) is 121 cm³/mol. The number of hydrogen-bond acceptors (Lipinski definition) is 3. The van der Waals surface area contributed by atoms with Crippen molar-refractivity contribution in [2.24, 2.45) is 0 Å². The Hall–Kier alpha value is -2.96. The van der Waals surface area contributed by atoms with Crippen molar-refractivity contribution >= 4 is 33.8 Å². The number of aryl methyl sites for hydroxylation is 2. The van der Waals surface area contributed by atoms with Crippen LogP contribution in [0.5, 0.6) is 0 Å². The van der Waals surface area contributed by atoms with Gasteiger partial charge in [0.2, 0.25) is 0 Å². The van der Waals surface area contributed by atoms with Crippen molar-refractivity contribution in [2.75, 3.05) is 17.2 Å². The number of benzene rings is 2. The number of nitrogens with two attached hydrogens (primary N) is 1. The molecule has 1 aromatic heterocycles. The van der Waals surface area contributed by atoms with Gasteiger partial charge in [0.05, 0.1) is 5.56 Å². The molecule has 0 unspecified atom stereocenters. The Morgan fingerprint density at radius 3 is 2.67 bits per heavy atom. The summed E-state index contributed by atoms with van der Waals surface area (Å²) >= 11 is 1.54. The first-order valence-corrected chi connectivity index (χ1v) is 11.1. The van der Waals surface area contributed by atoms with Crippen molar-refractivity contribution in [3.63, 3.8) is 0 Å². The minimum Gasteiger partial charge on any atom is -0.335 e. The van der Waals surface area contributed by atoms with Crippen LogP contribution in [0.2, 0.25) is 0 Å². The van der Waals surface area contributed by atoms with Crippen LogP contribution in [0.1, 0.15) is 38.3 Å². The Labute approximate surface area is 180 Å². The second-order valence-corrected chi connectivity index (χ2v) is 8.72. The number of quaternary nitrogens is 1. The van der Waals surface area contributed by atoms with Crippen LogP contribution in [-0.2, 0) is 24.2 Å². The van der Waals surface area contributed by atoms with E-state index in [1.54, 1.807) is 11.3 Å². The van der Waals surface area contributed by atoms with Crippen LogP contribution >= 0.6 is 11.3 Å². The third kappa shape index (κ3) is 4.78. The fraction of sp³-hybridized carbons (Fsp3) is 0.250. The molecule has 6 heteroatoms. The van der Waals surface area contributed by atoms with E-state index in [9.17, 15) is 9.59 Å². The van der Waals surface area contributed by atoms with Crippen LogP contribution in [0, 0.1) is 6.92 Å². The quantitative estimate of drug-likeness (QED) is 0.547. The normalized spacial score (nSPS) is 12.4. The maximum Gasteiger partial charge on any atom is 0.280 e. The Bertz CT molecular complexity index is 1060. The smallest absolute Gasteiger partial charge is 0.280 e. The molecule has 1 aliphatic carbocycles. The Morgan fingerprint density at radius 1 is 1.03 bits per heavy atom.